The number of aromatic nitrogens is 2. The van der Waals surface area contributed by atoms with Crippen molar-refractivity contribution in [3.8, 4) is 0 Å². The zero-order chi connectivity index (χ0) is 12.7. The quantitative estimate of drug-likeness (QED) is 0.754. The zero-order valence-electron chi connectivity index (χ0n) is 11.2. The van der Waals surface area contributed by atoms with E-state index in [4.69, 9.17) is 0 Å². The van der Waals surface area contributed by atoms with Crippen LogP contribution in [0.1, 0.15) is 19.7 Å². The molecule has 1 aromatic heterocycles. The lowest BCUT2D eigenvalue weighted by atomic mass is 10.4. The van der Waals surface area contributed by atoms with Gasteiger partial charge in [0.25, 0.3) is 0 Å². The summed E-state index contributed by atoms with van der Waals surface area (Å²) in [5, 5.41) is 6.51. The van der Waals surface area contributed by atoms with Crippen molar-refractivity contribution < 1.29 is 0 Å². The number of hydrogen-bond donors (Lipinski definition) is 2. The molecule has 0 radical (unpaired) electrons. The average molecular weight is 237 g/mol. The summed E-state index contributed by atoms with van der Waals surface area (Å²) in [5.41, 5.74) is 0. The number of nitrogens with one attached hydrogen (secondary N) is 2. The summed E-state index contributed by atoms with van der Waals surface area (Å²) in [5.74, 6) is 2.55. The molecule has 0 saturated carbocycles. The molecule has 2 N–H and O–H groups in total. The van der Waals surface area contributed by atoms with Crippen LogP contribution < -0.4 is 10.6 Å². The lowest BCUT2D eigenvalue weighted by Gasteiger charge is -2.14. The largest absolute Gasteiger partial charge is 0.370 e. The maximum Gasteiger partial charge on any atom is 0.131 e. The van der Waals surface area contributed by atoms with Crippen molar-refractivity contribution in [1.82, 2.24) is 14.9 Å². The molecule has 0 saturated heterocycles. The van der Waals surface area contributed by atoms with Crippen molar-refractivity contribution in [2.75, 3.05) is 43.9 Å². The maximum atomic E-state index is 4.36. The van der Waals surface area contributed by atoms with E-state index in [1.807, 2.05) is 13.0 Å². The van der Waals surface area contributed by atoms with Gasteiger partial charge >= 0.3 is 0 Å². The van der Waals surface area contributed by atoms with Gasteiger partial charge in [-0.2, -0.15) is 0 Å². The summed E-state index contributed by atoms with van der Waals surface area (Å²) in [7, 11) is 2.11. The molecule has 96 valence electrons. The molecule has 5 nitrogen and oxygen atoms in total. The Labute approximate surface area is 104 Å². The van der Waals surface area contributed by atoms with Crippen LogP contribution in [0.15, 0.2) is 6.07 Å². The molecule has 0 unspecified atom stereocenters. The summed E-state index contributed by atoms with van der Waals surface area (Å²) in [6.45, 7) is 9.95. The normalized spacial score (nSPS) is 10.6. The van der Waals surface area contributed by atoms with Gasteiger partial charge < -0.3 is 15.5 Å². The predicted octanol–water partition coefficient (Wildman–Crippen LogP) is 1.58. The van der Waals surface area contributed by atoms with E-state index in [2.05, 4.69) is 46.4 Å². The molecule has 0 aromatic carbocycles. The molecular formula is C12H23N5. The van der Waals surface area contributed by atoms with Gasteiger partial charge in [0.15, 0.2) is 0 Å². The van der Waals surface area contributed by atoms with Crippen LogP contribution in [0.5, 0.6) is 0 Å². The smallest absolute Gasteiger partial charge is 0.131 e. The molecule has 1 heterocycles. The number of likely N-dealkylation sites (N-methyl/N-ethyl adjacent to an activating group) is 1. The molecule has 1 rings (SSSR count). The van der Waals surface area contributed by atoms with Crippen molar-refractivity contribution in [2.24, 2.45) is 0 Å². The van der Waals surface area contributed by atoms with Gasteiger partial charge in [0.2, 0.25) is 0 Å². The Kier molecular flexibility index (Phi) is 5.69. The first-order valence-electron chi connectivity index (χ1n) is 6.17. The molecule has 0 amide bonds. The van der Waals surface area contributed by atoms with Gasteiger partial charge in [-0.15, -0.1) is 0 Å². The first kappa shape index (κ1) is 13.7. The summed E-state index contributed by atoms with van der Waals surface area (Å²) < 4.78 is 0. The predicted molar refractivity (Wildman–Crippen MR) is 72.6 cm³/mol. The number of aryl methyl sites for hydroxylation is 1. The molecule has 0 bridgehead atoms. The monoisotopic (exact) mass is 237 g/mol. The first-order valence-corrected chi connectivity index (χ1v) is 6.17. The number of nitrogens with zero attached hydrogens (tertiary/aromatic N) is 3. The van der Waals surface area contributed by atoms with Gasteiger partial charge in [0.1, 0.15) is 17.5 Å². The van der Waals surface area contributed by atoms with Crippen molar-refractivity contribution in [3.63, 3.8) is 0 Å². The van der Waals surface area contributed by atoms with Crippen LogP contribution in [0.3, 0.4) is 0 Å². The molecule has 0 aliphatic carbocycles. The minimum Gasteiger partial charge on any atom is -0.370 e. The van der Waals surface area contributed by atoms with Crippen molar-refractivity contribution in [3.05, 3.63) is 11.9 Å². The molecule has 0 atom stereocenters. The Morgan fingerprint density at radius 2 is 1.82 bits per heavy atom. The van der Waals surface area contributed by atoms with Gasteiger partial charge in [-0.3, -0.25) is 0 Å². The van der Waals surface area contributed by atoms with Crippen LogP contribution in [0.4, 0.5) is 11.6 Å². The van der Waals surface area contributed by atoms with E-state index >= 15 is 0 Å². The third kappa shape index (κ3) is 4.99. The Morgan fingerprint density at radius 3 is 2.41 bits per heavy atom. The highest BCUT2D eigenvalue weighted by Gasteiger charge is 2.01. The highest BCUT2D eigenvalue weighted by atomic mass is 15.1. The Morgan fingerprint density at radius 1 is 1.18 bits per heavy atom. The standard InChI is InChI=1S/C12H23N5/c1-5-13-11-9-12(16-10(3)15-11)14-7-8-17(4)6-2/h9H,5-8H2,1-4H3,(H2,13,14,15,16). The highest BCUT2D eigenvalue weighted by Crippen LogP contribution is 2.10. The molecule has 1 aromatic rings. The van der Waals surface area contributed by atoms with E-state index < -0.39 is 0 Å². The summed E-state index contributed by atoms with van der Waals surface area (Å²) >= 11 is 0. The van der Waals surface area contributed by atoms with E-state index in [1.54, 1.807) is 0 Å². The highest BCUT2D eigenvalue weighted by molar-refractivity contribution is 5.47. The van der Waals surface area contributed by atoms with Crippen molar-refractivity contribution >= 4 is 11.6 Å². The summed E-state index contributed by atoms with van der Waals surface area (Å²) in [6, 6.07) is 1.95. The molecule has 0 aliphatic rings. The number of rotatable bonds is 7. The summed E-state index contributed by atoms with van der Waals surface area (Å²) in [6.07, 6.45) is 0. The van der Waals surface area contributed by atoms with Gasteiger partial charge in [0.05, 0.1) is 0 Å². The number of hydrogen-bond acceptors (Lipinski definition) is 5. The topological polar surface area (TPSA) is 53.1 Å². The second-order valence-electron chi connectivity index (χ2n) is 4.04. The van der Waals surface area contributed by atoms with Crippen molar-refractivity contribution in [2.45, 2.75) is 20.8 Å². The van der Waals surface area contributed by atoms with Crippen LogP contribution in [0.2, 0.25) is 0 Å². The minimum absolute atomic E-state index is 0.787. The lowest BCUT2D eigenvalue weighted by molar-refractivity contribution is 0.367. The van der Waals surface area contributed by atoms with Crippen molar-refractivity contribution in [1.29, 1.82) is 0 Å². The maximum absolute atomic E-state index is 4.36. The Hall–Kier alpha value is -1.36. The number of anilines is 2. The fraction of sp³-hybridized carbons (Fsp3) is 0.667. The first-order chi connectivity index (χ1) is 8.15. The fourth-order valence-electron chi connectivity index (χ4n) is 1.46. The van der Waals surface area contributed by atoms with Crippen LogP contribution in [0.25, 0.3) is 0 Å². The third-order valence-corrected chi connectivity index (χ3v) is 2.54. The molecule has 0 fully saturated rings. The van der Waals surface area contributed by atoms with Crippen LogP contribution in [-0.2, 0) is 0 Å². The lowest BCUT2D eigenvalue weighted by Crippen LogP contribution is -2.25. The second kappa shape index (κ2) is 7.06. The Balaban J connectivity index is 2.52. The second-order valence-corrected chi connectivity index (χ2v) is 4.04. The Bertz CT molecular complexity index is 340. The minimum atomic E-state index is 0.787. The van der Waals surface area contributed by atoms with Crippen LogP contribution in [0, 0.1) is 6.92 Å². The molecule has 17 heavy (non-hydrogen) atoms. The van der Waals surface area contributed by atoms with E-state index in [0.717, 1.165) is 43.6 Å². The average Bonchev–Trinajstić information content (AvgIpc) is 2.28. The van der Waals surface area contributed by atoms with Gasteiger partial charge in [0, 0.05) is 25.7 Å². The van der Waals surface area contributed by atoms with Crippen LogP contribution in [-0.4, -0.2) is 48.1 Å². The third-order valence-electron chi connectivity index (χ3n) is 2.54. The molecule has 0 spiro atoms. The van der Waals surface area contributed by atoms with Gasteiger partial charge in [-0.1, -0.05) is 6.92 Å². The SMILES string of the molecule is CCNc1cc(NCCN(C)CC)nc(C)n1. The van der Waals surface area contributed by atoms with Crippen LogP contribution >= 0.6 is 0 Å². The van der Waals surface area contributed by atoms with E-state index in [0.29, 0.717) is 0 Å². The van der Waals surface area contributed by atoms with E-state index in [1.165, 1.54) is 0 Å². The molecule has 5 heteroatoms. The fourth-order valence-corrected chi connectivity index (χ4v) is 1.46. The van der Waals surface area contributed by atoms with E-state index in [9.17, 15) is 0 Å². The zero-order valence-corrected chi connectivity index (χ0v) is 11.2. The van der Waals surface area contributed by atoms with E-state index in [-0.39, 0.29) is 0 Å². The van der Waals surface area contributed by atoms with Gasteiger partial charge in [-0.05, 0) is 27.4 Å². The molecular weight excluding hydrogens is 214 g/mol. The van der Waals surface area contributed by atoms with Gasteiger partial charge in [-0.25, -0.2) is 9.97 Å². The summed E-state index contributed by atoms with van der Waals surface area (Å²) in [4.78, 5) is 10.9. The molecule has 0 aliphatic heterocycles.